The lowest BCUT2D eigenvalue weighted by Gasteiger charge is -2.32. The summed E-state index contributed by atoms with van der Waals surface area (Å²) in [5.74, 6) is 0.487. The molecule has 1 fully saturated rings. The quantitative estimate of drug-likeness (QED) is 0.795. The monoisotopic (exact) mass is 296 g/mol. The standard InChI is InChI=1S/C18H20N2O2/c1-11-7-8-13-9-14-10-20(15-5-3-4-6-15)18(21)22-17(14)19-16(13)12(11)2/h7-9,15H,3-6,10H2,1-2H3. The summed E-state index contributed by atoms with van der Waals surface area (Å²) in [6.07, 6.45) is 4.34. The van der Waals surface area contributed by atoms with Crippen LogP contribution in [0.3, 0.4) is 0 Å². The van der Waals surface area contributed by atoms with Crippen LogP contribution in [0, 0.1) is 13.8 Å². The summed E-state index contributed by atoms with van der Waals surface area (Å²) in [6.45, 7) is 4.75. The average Bonchev–Trinajstić information content (AvgIpc) is 3.03. The Kier molecular flexibility index (Phi) is 3.06. The molecular formula is C18H20N2O2. The predicted molar refractivity (Wildman–Crippen MR) is 85.0 cm³/mol. The largest absolute Gasteiger partial charge is 0.417 e. The number of benzene rings is 1. The number of pyridine rings is 1. The second-order valence-corrected chi connectivity index (χ2v) is 6.47. The molecular weight excluding hydrogens is 276 g/mol. The third-order valence-electron chi connectivity index (χ3n) is 5.08. The molecule has 0 spiro atoms. The fourth-order valence-corrected chi connectivity index (χ4v) is 3.59. The number of aromatic nitrogens is 1. The van der Waals surface area contributed by atoms with E-state index >= 15 is 0 Å². The highest BCUT2D eigenvalue weighted by Gasteiger charge is 2.33. The Morgan fingerprint density at radius 3 is 2.77 bits per heavy atom. The van der Waals surface area contributed by atoms with E-state index < -0.39 is 0 Å². The minimum absolute atomic E-state index is 0.239. The van der Waals surface area contributed by atoms with Crippen LogP contribution in [-0.2, 0) is 6.54 Å². The second kappa shape index (κ2) is 4.97. The molecule has 0 atom stereocenters. The molecule has 0 unspecified atom stereocenters. The number of ether oxygens (including phenoxy) is 1. The minimum Gasteiger partial charge on any atom is -0.391 e. The van der Waals surface area contributed by atoms with E-state index in [0.29, 0.717) is 18.5 Å². The molecule has 0 bridgehead atoms. The molecule has 4 rings (SSSR count). The van der Waals surface area contributed by atoms with E-state index in [9.17, 15) is 4.79 Å². The summed E-state index contributed by atoms with van der Waals surface area (Å²) < 4.78 is 5.54. The highest BCUT2D eigenvalue weighted by Crippen LogP contribution is 2.33. The maximum absolute atomic E-state index is 12.3. The van der Waals surface area contributed by atoms with Gasteiger partial charge in [0, 0.05) is 17.0 Å². The van der Waals surface area contributed by atoms with Gasteiger partial charge < -0.3 is 9.64 Å². The second-order valence-electron chi connectivity index (χ2n) is 6.47. The van der Waals surface area contributed by atoms with Gasteiger partial charge in [0.15, 0.2) is 0 Å². The van der Waals surface area contributed by atoms with E-state index in [0.717, 1.165) is 34.9 Å². The molecule has 114 valence electrons. The van der Waals surface area contributed by atoms with Gasteiger partial charge in [-0.05, 0) is 43.9 Å². The number of carbonyl (C=O) groups excluding carboxylic acids is 1. The first-order valence-corrected chi connectivity index (χ1v) is 8.02. The Hall–Kier alpha value is -2.10. The van der Waals surface area contributed by atoms with Crippen LogP contribution in [-0.4, -0.2) is 22.0 Å². The van der Waals surface area contributed by atoms with Crippen molar-refractivity contribution in [1.82, 2.24) is 9.88 Å². The summed E-state index contributed by atoms with van der Waals surface area (Å²) in [5, 5.41) is 1.12. The molecule has 1 aromatic heterocycles. The van der Waals surface area contributed by atoms with Crippen molar-refractivity contribution in [2.45, 2.75) is 52.1 Å². The van der Waals surface area contributed by atoms with Gasteiger partial charge >= 0.3 is 6.09 Å². The molecule has 1 aliphatic heterocycles. The highest BCUT2D eigenvalue weighted by atomic mass is 16.6. The lowest BCUT2D eigenvalue weighted by molar-refractivity contribution is 0.114. The van der Waals surface area contributed by atoms with Gasteiger partial charge in [-0.1, -0.05) is 25.0 Å². The molecule has 1 amide bonds. The fourth-order valence-electron chi connectivity index (χ4n) is 3.59. The highest BCUT2D eigenvalue weighted by molar-refractivity contribution is 5.85. The first kappa shape index (κ1) is 13.6. The molecule has 4 heteroatoms. The molecule has 2 aromatic rings. The maximum Gasteiger partial charge on any atom is 0.417 e. The van der Waals surface area contributed by atoms with Gasteiger partial charge in [-0.25, -0.2) is 9.78 Å². The minimum atomic E-state index is -0.239. The number of hydrogen-bond acceptors (Lipinski definition) is 3. The van der Waals surface area contributed by atoms with Crippen LogP contribution in [0.1, 0.15) is 42.4 Å². The van der Waals surface area contributed by atoms with Crippen LogP contribution in [0.15, 0.2) is 18.2 Å². The lowest BCUT2D eigenvalue weighted by atomic mass is 10.0. The predicted octanol–water partition coefficient (Wildman–Crippen LogP) is 4.11. The third kappa shape index (κ3) is 2.05. The maximum atomic E-state index is 12.3. The average molecular weight is 296 g/mol. The Morgan fingerprint density at radius 2 is 2.00 bits per heavy atom. The molecule has 1 saturated carbocycles. The van der Waals surface area contributed by atoms with Gasteiger partial charge in [0.2, 0.25) is 5.88 Å². The summed E-state index contributed by atoms with van der Waals surface area (Å²) in [4.78, 5) is 18.8. The molecule has 2 heterocycles. The Morgan fingerprint density at radius 1 is 1.23 bits per heavy atom. The molecule has 0 radical (unpaired) electrons. The normalized spacial score (nSPS) is 18.6. The molecule has 0 N–H and O–H groups in total. The SMILES string of the molecule is Cc1ccc2cc3c(nc2c1C)OC(=O)N(C1CCCC1)C3. The van der Waals surface area contributed by atoms with Crippen molar-refractivity contribution in [3.63, 3.8) is 0 Å². The molecule has 1 aliphatic carbocycles. The number of hydrogen-bond donors (Lipinski definition) is 0. The number of fused-ring (bicyclic) bond motifs is 2. The van der Waals surface area contributed by atoms with Crippen molar-refractivity contribution >= 4 is 17.0 Å². The van der Waals surface area contributed by atoms with Gasteiger partial charge in [0.25, 0.3) is 0 Å². The van der Waals surface area contributed by atoms with Crippen molar-refractivity contribution in [2.75, 3.05) is 0 Å². The lowest BCUT2D eigenvalue weighted by Crippen LogP contribution is -2.43. The number of rotatable bonds is 1. The van der Waals surface area contributed by atoms with Gasteiger partial charge in [-0.3, -0.25) is 0 Å². The first-order chi connectivity index (χ1) is 10.6. The molecule has 2 aliphatic rings. The summed E-state index contributed by atoms with van der Waals surface area (Å²) in [5.41, 5.74) is 4.30. The van der Waals surface area contributed by atoms with Crippen LogP contribution in [0.5, 0.6) is 5.88 Å². The molecule has 22 heavy (non-hydrogen) atoms. The topological polar surface area (TPSA) is 42.4 Å². The third-order valence-corrected chi connectivity index (χ3v) is 5.08. The van der Waals surface area contributed by atoms with E-state index in [4.69, 9.17) is 4.74 Å². The van der Waals surface area contributed by atoms with Crippen LogP contribution < -0.4 is 4.74 Å². The summed E-state index contributed by atoms with van der Waals surface area (Å²) >= 11 is 0. The van der Waals surface area contributed by atoms with E-state index in [1.165, 1.54) is 18.4 Å². The number of carbonyl (C=O) groups is 1. The van der Waals surface area contributed by atoms with Crippen molar-refractivity contribution in [1.29, 1.82) is 0 Å². The van der Waals surface area contributed by atoms with Crippen LogP contribution >= 0.6 is 0 Å². The van der Waals surface area contributed by atoms with Crippen molar-refractivity contribution in [3.8, 4) is 5.88 Å². The van der Waals surface area contributed by atoms with Crippen molar-refractivity contribution < 1.29 is 9.53 Å². The molecule has 0 saturated heterocycles. The number of aryl methyl sites for hydroxylation is 2. The Bertz CT molecular complexity index is 763. The number of amides is 1. The zero-order valence-electron chi connectivity index (χ0n) is 13.1. The van der Waals surface area contributed by atoms with E-state index in [2.05, 4.69) is 37.0 Å². The van der Waals surface area contributed by atoms with Crippen LogP contribution in [0.25, 0.3) is 10.9 Å². The summed E-state index contributed by atoms with van der Waals surface area (Å²) in [7, 11) is 0. The number of nitrogens with zero attached hydrogens (tertiary/aromatic N) is 2. The van der Waals surface area contributed by atoms with Gasteiger partial charge in [0.05, 0.1) is 12.1 Å². The zero-order chi connectivity index (χ0) is 15.3. The zero-order valence-corrected chi connectivity index (χ0v) is 13.1. The van der Waals surface area contributed by atoms with Gasteiger partial charge in [-0.2, -0.15) is 0 Å². The summed E-state index contributed by atoms with van der Waals surface area (Å²) in [6, 6.07) is 6.67. The van der Waals surface area contributed by atoms with E-state index in [-0.39, 0.29) is 6.09 Å². The Balaban J connectivity index is 1.77. The molecule has 1 aromatic carbocycles. The Labute approximate surface area is 130 Å². The van der Waals surface area contributed by atoms with Crippen molar-refractivity contribution in [3.05, 3.63) is 34.9 Å². The van der Waals surface area contributed by atoms with Gasteiger partial charge in [0.1, 0.15) is 0 Å². The molecule has 4 nitrogen and oxygen atoms in total. The van der Waals surface area contributed by atoms with Gasteiger partial charge in [-0.15, -0.1) is 0 Å². The van der Waals surface area contributed by atoms with E-state index in [1.54, 1.807) is 0 Å². The van der Waals surface area contributed by atoms with Crippen molar-refractivity contribution in [2.24, 2.45) is 0 Å². The fraction of sp³-hybridized carbons (Fsp3) is 0.444. The smallest absolute Gasteiger partial charge is 0.391 e. The van der Waals surface area contributed by atoms with Crippen LogP contribution in [0.4, 0.5) is 4.79 Å². The first-order valence-electron chi connectivity index (χ1n) is 8.02. The van der Waals surface area contributed by atoms with E-state index in [1.807, 2.05) is 4.90 Å². The van der Waals surface area contributed by atoms with Crippen LogP contribution in [0.2, 0.25) is 0 Å².